The molecule has 2 aromatic carbocycles. The standard InChI is InChI=1S/C20H21ClN4O/c1-14-11-19(24-17-7-4-6-16(21)13-17)25-20(23-14)22-10-9-15-5-3-8-18(12-15)26-2/h3-8,11-13H,9-10H2,1-2H3,(H2,22,23,24,25). The molecule has 0 saturated carbocycles. The van der Waals surface area contributed by atoms with Gasteiger partial charge in [0.05, 0.1) is 7.11 Å². The van der Waals surface area contributed by atoms with Crippen LogP contribution in [-0.2, 0) is 6.42 Å². The minimum Gasteiger partial charge on any atom is -0.497 e. The third-order valence-electron chi connectivity index (χ3n) is 3.78. The molecule has 0 amide bonds. The van der Waals surface area contributed by atoms with Crippen LogP contribution in [0.1, 0.15) is 11.3 Å². The second-order valence-corrected chi connectivity index (χ2v) is 6.32. The van der Waals surface area contributed by atoms with Crippen molar-refractivity contribution in [2.24, 2.45) is 0 Å². The minimum atomic E-state index is 0.595. The fraction of sp³-hybridized carbons (Fsp3) is 0.200. The maximum atomic E-state index is 6.03. The van der Waals surface area contributed by atoms with Crippen LogP contribution in [0.25, 0.3) is 0 Å². The number of ether oxygens (including phenoxy) is 1. The van der Waals surface area contributed by atoms with Crippen molar-refractivity contribution in [2.45, 2.75) is 13.3 Å². The summed E-state index contributed by atoms with van der Waals surface area (Å²) in [6.45, 7) is 2.67. The van der Waals surface area contributed by atoms with Crippen molar-refractivity contribution in [3.05, 3.63) is 70.9 Å². The number of nitrogens with zero attached hydrogens (tertiary/aromatic N) is 2. The Labute approximate surface area is 158 Å². The summed E-state index contributed by atoms with van der Waals surface area (Å²) in [6, 6.07) is 17.5. The lowest BCUT2D eigenvalue weighted by molar-refractivity contribution is 0.414. The van der Waals surface area contributed by atoms with Gasteiger partial charge in [0.15, 0.2) is 0 Å². The lowest BCUT2D eigenvalue weighted by Crippen LogP contribution is -2.09. The molecule has 0 fully saturated rings. The zero-order valence-corrected chi connectivity index (χ0v) is 15.5. The number of nitrogens with one attached hydrogen (secondary N) is 2. The Kier molecular flexibility index (Phi) is 5.92. The van der Waals surface area contributed by atoms with Gasteiger partial charge in [0, 0.05) is 29.0 Å². The molecule has 0 aliphatic rings. The molecule has 0 radical (unpaired) electrons. The Morgan fingerprint density at radius 2 is 1.88 bits per heavy atom. The third kappa shape index (κ3) is 5.10. The molecular formula is C20H21ClN4O. The van der Waals surface area contributed by atoms with E-state index in [9.17, 15) is 0 Å². The van der Waals surface area contributed by atoms with Gasteiger partial charge in [0.25, 0.3) is 0 Å². The molecule has 0 atom stereocenters. The topological polar surface area (TPSA) is 59.1 Å². The summed E-state index contributed by atoms with van der Waals surface area (Å²) >= 11 is 6.03. The fourth-order valence-corrected chi connectivity index (χ4v) is 2.76. The average molecular weight is 369 g/mol. The van der Waals surface area contributed by atoms with Crippen LogP contribution in [0, 0.1) is 6.92 Å². The van der Waals surface area contributed by atoms with Gasteiger partial charge in [-0.25, -0.2) is 4.98 Å². The van der Waals surface area contributed by atoms with Crippen molar-refractivity contribution in [3.63, 3.8) is 0 Å². The number of benzene rings is 2. The van der Waals surface area contributed by atoms with Gasteiger partial charge in [-0.05, 0) is 49.2 Å². The Morgan fingerprint density at radius 1 is 1.04 bits per heavy atom. The summed E-state index contributed by atoms with van der Waals surface area (Å²) in [6.07, 6.45) is 0.853. The highest BCUT2D eigenvalue weighted by atomic mass is 35.5. The molecule has 2 N–H and O–H groups in total. The van der Waals surface area contributed by atoms with E-state index in [2.05, 4.69) is 26.7 Å². The highest BCUT2D eigenvalue weighted by molar-refractivity contribution is 6.30. The van der Waals surface area contributed by atoms with E-state index in [-0.39, 0.29) is 0 Å². The van der Waals surface area contributed by atoms with E-state index < -0.39 is 0 Å². The molecule has 5 nitrogen and oxygen atoms in total. The van der Waals surface area contributed by atoms with E-state index in [1.165, 1.54) is 5.56 Å². The maximum Gasteiger partial charge on any atom is 0.224 e. The van der Waals surface area contributed by atoms with Crippen molar-refractivity contribution in [1.82, 2.24) is 9.97 Å². The molecule has 134 valence electrons. The number of methoxy groups -OCH3 is 1. The van der Waals surface area contributed by atoms with Crippen molar-refractivity contribution < 1.29 is 4.74 Å². The van der Waals surface area contributed by atoms with Gasteiger partial charge in [-0.1, -0.05) is 29.8 Å². The van der Waals surface area contributed by atoms with E-state index in [1.54, 1.807) is 7.11 Å². The van der Waals surface area contributed by atoms with Gasteiger partial charge in [0.1, 0.15) is 11.6 Å². The van der Waals surface area contributed by atoms with Gasteiger partial charge >= 0.3 is 0 Å². The van der Waals surface area contributed by atoms with Crippen LogP contribution in [-0.4, -0.2) is 23.6 Å². The van der Waals surface area contributed by atoms with Crippen LogP contribution in [0.5, 0.6) is 5.75 Å². The molecule has 3 aromatic rings. The van der Waals surface area contributed by atoms with Crippen LogP contribution in [0.2, 0.25) is 5.02 Å². The molecule has 0 spiro atoms. The first kappa shape index (κ1) is 18.0. The number of aromatic nitrogens is 2. The van der Waals surface area contributed by atoms with Crippen LogP contribution in [0.15, 0.2) is 54.6 Å². The number of anilines is 3. The van der Waals surface area contributed by atoms with E-state index in [1.807, 2.05) is 55.5 Å². The smallest absolute Gasteiger partial charge is 0.224 e. The SMILES string of the molecule is COc1cccc(CCNc2nc(C)cc(Nc3cccc(Cl)c3)n2)c1. The van der Waals surface area contributed by atoms with Gasteiger partial charge < -0.3 is 15.4 Å². The normalized spacial score (nSPS) is 10.4. The predicted molar refractivity (Wildman–Crippen MR) is 107 cm³/mol. The van der Waals surface area contributed by atoms with E-state index in [0.717, 1.165) is 35.9 Å². The van der Waals surface area contributed by atoms with Gasteiger partial charge in [-0.15, -0.1) is 0 Å². The van der Waals surface area contributed by atoms with E-state index >= 15 is 0 Å². The predicted octanol–water partition coefficient (Wildman–Crippen LogP) is 4.85. The highest BCUT2D eigenvalue weighted by Gasteiger charge is 2.04. The van der Waals surface area contributed by atoms with Crippen molar-refractivity contribution >= 4 is 29.1 Å². The summed E-state index contributed by atoms with van der Waals surface area (Å²) in [5.41, 5.74) is 2.97. The molecule has 0 aliphatic heterocycles. The van der Waals surface area contributed by atoms with Crippen LogP contribution < -0.4 is 15.4 Å². The second kappa shape index (κ2) is 8.54. The van der Waals surface area contributed by atoms with Gasteiger partial charge in [0.2, 0.25) is 5.95 Å². The Hall–Kier alpha value is -2.79. The Bertz CT molecular complexity index is 885. The third-order valence-corrected chi connectivity index (χ3v) is 4.02. The highest BCUT2D eigenvalue weighted by Crippen LogP contribution is 2.20. The number of halogens is 1. The molecule has 0 saturated heterocycles. The summed E-state index contributed by atoms with van der Waals surface area (Å²) in [5, 5.41) is 7.22. The Balaban J connectivity index is 1.63. The van der Waals surface area contributed by atoms with Crippen molar-refractivity contribution in [1.29, 1.82) is 0 Å². The Morgan fingerprint density at radius 3 is 2.69 bits per heavy atom. The lowest BCUT2D eigenvalue weighted by atomic mass is 10.1. The zero-order chi connectivity index (χ0) is 18.4. The van der Waals surface area contributed by atoms with Crippen LogP contribution >= 0.6 is 11.6 Å². The first-order chi connectivity index (χ1) is 12.6. The first-order valence-corrected chi connectivity index (χ1v) is 8.75. The monoisotopic (exact) mass is 368 g/mol. The summed E-state index contributed by atoms with van der Waals surface area (Å²) in [5.74, 6) is 2.18. The molecule has 0 bridgehead atoms. The molecule has 0 aliphatic carbocycles. The molecule has 26 heavy (non-hydrogen) atoms. The molecule has 1 aromatic heterocycles. The summed E-state index contributed by atoms with van der Waals surface area (Å²) in [4.78, 5) is 8.97. The van der Waals surface area contributed by atoms with Crippen molar-refractivity contribution in [2.75, 3.05) is 24.3 Å². The summed E-state index contributed by atoms with van der Waals surface area (Å²) in [7, 11) is 1.67. The number of aryl methyl sites for hydroxylation is 1. The minimum absolute atomic E-state index is 0.595. The van der Waals surface area contributed by atoms with Crippen LogP contribution in [0.4, 0.5) is 17.5 Å². The summed E-state index contributed by atoms with van der Waals surface area (Å²) < 4.78 is 5.25. The number of hydrogen-bond donors (Lipinski definition) is 2. The van der Waals surface area contributed by atoms with Crippen LogP contribution in [0.3, 0.4) is 0 Å². The largest absolute Gasteiger partial charge is 0.497 e. The van der Waals surface area contributed by atoms with E-state index in [4.69, 9.17) is 16.3 Å². The molecule has 6 heteroatoms. The molecular weight excluding hydrogens is 348 g/mol. The van der Waals surface area contributed by atoms with Gasteiger partial charge in [-0.2, -0.15) is 4.98 Å². The maximum absolute atomic E-state index is 6.03. The van der Waals surface area contributed by atoms with E-state index in [0.29, 0.717) is 11.0 Å². The quantitative estimate of drug-likeness (QED) is 0.624. The first-order valence-electron chi connectivity index (χ1n) is 8.37. The molecule has 3 rings (SSSR count). The second-order valence-electron chi connectivity index (χ2n) is 5.88. The molecule has 0 unspecified atom stereocenters. The zero-order valence-electron chi connectivity index (χ0n) is 14.8. The lowest BCUT2D eigenvalue weighted by Gasteiger charge is -2.10. The average Bonchev–Trinajstić information content (AvgIpc) is 2.61. The van der Waals surface area contributed by atoms with Gasteiger partial charge in [-0.3, -0.25) is 0 Å². The number of rotatable bonds is 7. The number of hydrogen-bond acceptors (Lipinski definition) is 5. The molecule has 1 heterocycles. The fourth-order valence-electron chi connectivity index (χ4n) is 2.57. The van der Waals surface area contributed by atoms with Crippen molar-refractivity contribution in [3.8, 4) is 5.75 Å².